The average Bonchev–Trinajstić information content (AvgIpc) is 1.86. The third kappa shape index (κ3) is 0.943. The summed E-state index contributed by atoms with van der Waals surface area (Å²) in [6, 6.07) is 0. The minimum absolute atomic E-state index is 0.671. The summed E-state index contributed by atoms with van der Waals surface area (Å²) < 4.78 is 11.6. The van der Waals surface area contributed by atoms with E-state index in [2.05, 4.69) is 5.09 Å². The summed E-state index contributed by atoms with van der Waals surface area (Å²) in [4.78, 5) is 0. The van der Waals surface area contributed by atoms with E-state index in [1.807, 2.05) is 14.1 Å². The Kier molecular flexibility index (Phi) is 1.44. The summed E-state index contributed by atoms with van der Waals surface area (Å²) in [7, 11) is 2.48. The number of nitrogens with one attached hydrogen (secondary N) is 1. The molecule has 1 N–H and O–H groups in total. The summed E-state index contributed by atoms with van der Waals surface area (Å²) in [6.07, 6.45) is 0. The molecule has 0 aromatic heterocycles. The van der Waals surface area contributed by atoms with Gasteiger partial charge in [0.05, 0.1) is 27.2 Å². The van der Waals surface area contributed by atoms with Gasteiger partial charge in [0.1, 0.15) is 0 Å². The molecule has 4 heteroatoms. The lowest BCUT2D eigenvalue weighted by molar-refractivity contribution is -0.756. The fourth-order valence-corrected chi connectivity index (χ4v) is 1.83. The molecule has 0 spiro atoms. The van der Waals surface area contributed by atoms with Gasteiger partial charge >= 0.3 is 8.10 Å². The topological polar surface area (TPSA) is 29.1 Å². The van der Waals surface area contributed by atoms with Gasteiger partial charge in [-0.05, 0) is 0 Å². The molecule has 1 atom stereocenters. The van der Waals surface area contributed by atoms with E-state index in [-0.39, 0.29) is 0 Å². The molecule has 8 heavy (non-hydrogen) atoms. The molecule has 3 nitrogen and oxygen atoms in total. The van der Waals surface area contributed by atoms with Gasteiger partial charge in [-0.2, -0.15) is 0 Å². The third-order valence-electron chi connectivity index (χ3n) is 1.50. The van der Waals surface area contributed by atoms with Crippen molar-refractivity contribution in [2.24, 2.45) is 0 Å². The molecule has 0 aromatic carbocycles. The highest BCUT2D eigenvalue weighted by atomic mass is 31.1. The maximum absolute atomic E-state index is 10.9. The second-order valence-corrected chi connectivity index (χ2v) is 4.82. The predicted molar refractivity (Wildman–Crippen MR) is 34.0 cm³/mol. The van der Waals surface area contributed by atoms with Crippen LogP contribution in [0.2, 0.25) is 0 Å². The van der Waals surface area contributed by atoms with Crippen molar-refractivity contribution in [2.45, 2.75) is 0 Å². The van der Waals surface area contributed by atoms with Crippen LogP contribution in [-0.2, 0) is 4.57 Å². The summed E-state index contributed by atoms with van der Waals surface area (Å²) in [6.45, 7) is 1.91. The van der Waals surface area contributed by atoms with E-state index >= 15 is 0 Å². The minimum atomic E-state index is -1.50. The van der Waals surface area contributed by atoms with E-state index in [0.717, 1.165) is 13.1 Å². The largest absolute Gasteiger partial charge is 0.307 e. The van der Waals surface area contributed by atoms with Gasteiger partial charge in [-0.25, -0.2) is 9.65 Å². The lowest BCUT2D eigenvalue weighted by Crippen LogP contribution is -2.28. The van der Waals surface area contributed by atoms with Crippen molar-refractivity contribution in [3.05, 3.63) is 0 Å². The maximum atomic E-state index is 10.9. The molecule has 48 valence electrons. The van der Waals surface area contributed by atoms with Gasteiger partial charge in [0.15, 0.2) is 0 Å². The molecular weight excluding hydrogens is 123 g/mol. The Labute approximate surface area is 50.2 Å². The van der Waals surface area contributed by atoms with Gasteiger partial charge in [-0.1, -0.05) is 0 Å². The van der Waals surface area contributed by atoms with Crippen molar-refractivity contribution < 1.29 is 8.82 Å². The highest BCUT2D eigenvalue weighted by Crippen LogP contribution is 2.31. The number of rotatable bonds is 0. The predicted octanol–water partition coefficient (Wildman–Crippen LogP) is 0.0557. The van der Waals surface area contributed by atoms with Crippen LogP contribution in [-0.4, -0.2) is 31.4 Å². The Balaban J connectivity index is 2.68. The van der Waals surface area contributed by atoms with Crippen LogP contribution in [0.4, 0.5) is 0 Å². The molecule has 0 amide bonds. The van der Waals surface area contributed by atoms with Crippen molar-refractivity contribution in [1.29, 1.82) is 0 Å². The number of hydrogen-bond donors (Lipinski definition) is 1. The Bertz CT molecular complexity index is 123. The number of quaternary nitrogens is 1. The van der Waals surface area contributed by atoms with Crippen molar-refractivity contribution in [2.75, 3.05) is 27.2 Å². The van der Waals surface area contributed by atoms with Crippen LogP contribution in [0.1, 0.15) is 0 Å². The average molecular weight is 135 g/mol. The van der Waals surface area contributed by atoms with Gasteiger partial charge in [0.2, 0.25) is 0 Å². The summed E-state index contributed by atoms with van der Waals surface area (Å²) in [5, 5.41) is 2.93. The lowest BCUT2D eigenvalue weighted by Gasteiger charge is -2.19. The Morgan fingerprint density at radius 3 is 2.38 bits per heavy atom. The second-order valence-electron chi connectivity index (χ2n) is 2.64. The van der Waals surface area contributed by atoms with Crippen LogP contribution in [0.5, 0.6) is 0 Å². The van der Waals surface area contributed by atoms with Crippen LogP contribution in [0.3, 0.4) is 0 Å². The fourth-order valence-electron chi connectivity index (χ4n) is 0.758. The fraction of sp³-hybridized carbons (Fsp3) is 1.00. The van der Waals surface area contributed by atoms with E-state index in [9.17, 15) is 4.57 Å². The van der Waals surface area contributed by atoms with Crippen molar-refractivity contribution in [1.82, 2.24) is 5.09 Å². The first-order valence-electron chi connectivity index (χ1n) is 2.74. The van der Waals surface area contributed by atoms with Gasteiger partial charge in [-0.3, -0.25) is 4.25 Å². The zero-order chi connectivity index (χ0) is 6.20. The maximum Gasteiger partial charge on any atom is 0.307 e. The quantitative estimate of drug-likeness (QED) is 0.476. The minimum Gasteiger partial charge on any atom is -0.277 e. The molecule has 1 fully saturated rings. The summed E-state index contributed by atoms with van der Waals surface area (Å²) >= 11 is 0. The van der Waals surface area contributed by atoms with Crippen molar-refractivity contribution in [3.8, 4) is 0 Å². The van der Waals surface area contributed by atoms with Crippen LogP contribution < -0.4 is 5.09 Å². The molecule has 0 saturated carbocycles. The van der Waals surface area contributed by atoms with E-state index < -0.39 is 8.10 Å². The standard InChI is InChI=1S/C4H12N2OP/c1-6(2)4-3-5-8(6)7/h8H,3-4H2,1-2H3,(H,5,7)/q+1. The van der Waals surface area contributed by atoms with Gasteiger partial charge < -0.3 is 0 Å². The van der Waals surface area contributed by atoms with E-state index in [4.69, 9.17) is 0 Å². The molecule has 0 aromatic rings. The molecule has 1 unspecified atom stereocenters. The first-order chi connectivity index (χ1) is 3.63. The first-order valence-corrected chi connectivity index (χ1v) is 4.10. The molecule has 0 aliphatic carbocycles. The van der Waals surface area contributed by atoms with E-state index in [1.54, 1.807) is 0 Å². The van der Waals surface area contributed by atoms with Crippen LogP contribution in [0.15, 0.2) is 0 Å². The number of likely N-dealkylation sites (N-methyl/N-ethyl adjacent to an activating group) is 1. The van der Waals surface area contributed by atoms with Crippen molar-refractivity contribution >= 4 is 8.10 Å². The summed E-state index contributed by atoms with van der Waals surface area (Å²) in [5.74, 6) is 0. The zero-order valence-corrected chi connectivity index (χ0v) is 6.27. The molecule has 0 radical (unpaired) electrons. The molecular formula is C4H12N2OP+. The van der Waals surface area contributed by atoms with Gasteiger partial charge in [0, 0.05) is 0 Å². The van der Waals surface area contributed by atoms with Crippen LogP contribution in [0.25, 0.3) is 0 Å². The van der Waals surface area contributed by atoms with Gasteiger partial charge in [-0.15, -0.1) is 0 Å². The Hall–Kier alpha value is 0.150. The number of nitrogens with zero attached hydrogens (tertiary/aromatic N) is 1. The van der Waals surface area contributed by atoms with Gasteiger partial charge in [0.25, 0.3) is 0 Å². The normalized spacial score (nSPS) is 35.5. The highest BCUT2D eigenvalue weighted by molar-refractivity contribution is 7.36. The summed E-state index contributed by atoms with van der Waals surface area (Å²) in [5.41, 5.74) is 0. The Morgan fingerprint density at radius 2 is 2.25 bits per heavy atom. The monoisotopic (exact) mass is 135 g/mol. The second kappa shape index (κ2) is 1.83. The van der Waals surface area contributed by atoms with Crippen LogP contribution >= 0.6 is 8.10 Å². The van der Waals surface area contributed by atoms with E-state index in [0.29, 0.717) is 4.25 Å². The molecule has 1 saturated heterocycles. The molecule has 1 aliphatic heterocycles. The highest BCUT2D eigenvalue weighted by Gasteiger charge is 2.28. The molecule has 0 bridgehead atoms. The first kappa shape index (κ1) is 6.27. The smallest absolute Gasteiger partial charge is 0.277 e. The zero-order valence-electron chi connectivity index (χ0n) is 5.27. The molecule has 1 rings (SSSR count). The lowest BCUT2D eigenvalue weighted by atomic mass is 10.6. The SMILES string of the molecule is C[N+]1(C)CCN[PH]1=O. The van der Waals surface area contributed by atoms with E-state index in [1.165, 1.54) is 0 Å². The third-order valence-corrected chi connectivity index (χ3v) is 3.37. The van der Waals surface area contributed by atoms with Crippen LogP contribution in [0, 0.1) is 0 Å². The molecule has 1 heterocycles. The molecule has 1 aliphatic rings. The van der Waals surface area contributed by atoms with Crippen molar-refractivity contribution in [3.63, 3.8) is 0 Å². The Morgan fingerprint density at radius 1 is 1.62 bits per heavy atom. The number of hydrogen-bond acceptors (Lipinski definition) is 1.